The summed E-state index contributed by atoms with van der Waals surface area (Å²) in [7, 11) is 0. The third-order valence-electron chi connectivity index (χ3n) is 4.43. The van der Waals surface area contributed by atoms with Crippen molar-refractivity contribution in [2.75, 3.05) is 0 Å². The predicted molar refractivity (Wildman–Crippen MR) is 115 cm³/mol. The number of nitro benzene ring substituents is 1. The molecule has 6 heteroatoms. The molecule has 0 saturated heterocycles. The molecular weight excluding hydrogens is 420 g/mol. The van der Waals surface area contributed by atoms with Gasteiger partial charge in [0.2, 0.25) is 0 Å². The van der Waals surface area contributed by atoms with Crippen LogP contribution in [0.3, 0.4) is 0 Å². The van der Waals surface area contributed by atoms with Gasteiger partial charge in [-0.3, -0.25) is 15.1 Å². The Labute approximate surface area is 172 Å². The first kappa shape index (κ1) is 19.8. The van der Waals surface area contributed by atoms with Crippen molar-refractivity contribution in [3.63, 3.8) is 0 Å². The maximum atomic E-state index is 10.8. The summed E-state index contributed by atoms with van der Waals surface area (Å²) in [6, 6.07) is 18.1. The Balaban J connectivity index is 1.79. The number of hydrogen-bond donors (Lipinski definition) is 0. The van der Waals surface area contributed by atoms with E-state index in [0.717, 1.165) is 26.9 Å². The van der Waals surface area contributed by atoms with Gasteiger partial charge in [0.15, 0.2) is 0 Å². The number of aryl methyl sites for hydroxylation is 1. The molecule has 0 fully saturated rings. The van der Waals surface area contributed by atoms with Gasteiger partial charge in [-0.2, -0.15) is 0 Å². The molecule has 0 heterocycles. The topological polar surface area (TPSA) is 64.7 Å². The van der Waals surface area contributed by atoms with Gasteiger partial charge in [-0.25, -0.2) is 0 Å². The third kappa shape index (κ3) is 4.84. The van der Waals surface area contributed by atoms with E-state index in [2.05, 4.69) is 40.8 Å². The van der Waals surface area contributed by atoms with Crippen LogP contribution in [0.25, 0.3) is 0 Å². The van der Waals surface area contributed by atoms with E-state index < -0.39 is 4.92 Å². The van der Waals surface area contributed by atoms with E-state index in [-0.39, 0.29) is 5.69 Å². The van der Waals surface area contributed by atoms with Gasteiger partial charge >= 0.3 is 0 Å². The summed E-state index contributed by atoms with van der Waals surface area (Å²) in [5.41, 5.74) is 5.01. The van der Waals surface area contributed by atoms with Gasteiger partial charge in [0, 0.05) is 28.4 Å². The quantitative estimate of drug-likeness (QED) is 0.257. The number of rotatable bonds is 6. The molecule has 0 bridgehead atoms. The first-order valence-electron chi connectivity index (χ1n) is 8.70. The average molecular weight is 439 g/mol. The van der Waals surface area contributed by atoms with Crippen molar-refractivity contribution in [1.29, 1.82) is 0 Å². The van der Waals surface area contributed by atoms with E-state index in [4.69, 9.17) is 4.74 Å². The molecule has 0 atom stereocenters. The van der Waals surface area contributed by atoms with Crippen LogP contribution >= 0.6 is 15.9 Å². The zero-order valence-electron chi connectivity index (χ0n) is 15.6. The van der Waals surface area contributed by atoms with Gasteiger partial charge in [-0.15, -0.1) is 0 Å². The lowest BCUT2D eigenvalue weighted by Crippen LogP contribution is -1.99. The number of nitro groups is 1. The molecule has 0 radical (unpaired) electrons. The standard InChI is InChI=1S/C22H19BrN2O3/c1-15-4-3-5-21(16(15)2)24-13-18-12-19(23)8-11-22(18)28-14-17-6-9-20(10-7-17)25(26)27/h3-13H,14H2,1-2H3. The Hall–Kier alpha value is -2.99. The molecule has 0 amide bonds. The van der Waals surface area contributed by atoms with E-state index in [9.17, 15) is 10.1 Å². The first-order chi connectivity index (χ1) is 13.4. The van der Waals surface area contributed by atoms with Crippen LogP contribution < -0.4 is 4.74 Å². The van der Waals surface area contributed by atoms with Crippen molar-refractivity contribution in [2.45, 2.75) is 20.5 Å². The van der Waals surface area contributed by atoms with E-state index in [1.807, 2.05) is 30.3 Å². The van der Waals surface area contributed by atoms with Crippen LogP contribution in [0, 0.1) is 24.0 Å². The molecule has 3 rings (SSSR count). The van der Waals surface area contributed by atoms with Gasteiger partial charge in [0.25, 0.3) is 5.69 Å². The number of hydrogen-bond acceptors (Lipinski definition) is 4. The van der Waals surface area contributed by atoms with Crippen LogP contribution in [0.15, 0.2) is 70.1 Å². The molecule has 0 aliphatic rings. The summed E-state index contributed by atoms with van der Waals surface area (Å²) in [5, 5.41) is 10.8. The fraction of sp³-hybridized carbons (Fsp3) is 0.136. The van der Waals surface area contributed by atoms with Crippen molar-refractivity contribution in [3.05, 3.63) is 97.5 Å². The first-order valence-corrected chi connectivity index (χ1v) is 9.49. The highest BCUT2D eigenvalue weighted by Crippen LogP contribution is 2.26. The molecule has 142 valence electrons. The van der Waals surface area contributed by atoms with Gasteiger partial charge in [0.1, 0.15) is 12.4 Å². The van der Waals surface area contributed by atoms with Crippen molar-refractivity contribution < 1.29 is 9.66 Å². The third-order valence-corrected chi connectivity index (χ3v) is 4.93. The summed E-state index contributed by atoms with van der Waals surface area (Å²) in [4.78, 5) is 15.0. The van der Waals surface area contributed by atoms with E-state index in [0.29, 0.717) is 12.4 Å². The Morgan fingerprint density at radius 3 is 2.57 bits per heavy atom. The molecule has 0 N–H and O–H groups in total. The monoisotopic (exact) mass is 438 g/mol. The van der Waals surface area contributed by atoms with Crippen molar-refractivity contribution >= 4 is 33.5 Å². The molecule has 5 nitrogen and oxygen atoms in total. The molecule has 0 aliphatic heterocycles. The molecule has 0 saturated carbocycles. The highest BCUT2D eigenvalue weighted by atomic mass is 79.9. The number of ether oxygens (including phenoxy) is 1. The predicted octanol–water partition coefficient (Wildman–Crippen LogP) is 6.30. The lowest BCUT2D eigenvalue weighted by Gasteiger charge is -2.10. The highest BCUT2D eigenvalue weighted by Gasteiger charge is 2.07. The number of aliphatic imine (C=N–C) groups is 1. The summed E-state index contributed by atoms with van der Waals surface area (Å²) in [5.74, 6) is 0.690. The van der Waals surface area contributed by atoms with Crippen molar-refractivity contribution in [1.82, 2.24) is 0 Å². The maximum absolute atomic E-state index is 10.8. The molecule has 0 aromatic heterocycles. The minimum atomic E-state index is -0.415. The van der Waals surface area contributed by atoms with Gasteiger partial charge in [-0.05, 0) is 66.9 Å². The minimum Gasteiger partial charge on any atom is -0.488 e. The second-order valence-corrected chi connectivity index (χ2v) is 7.29. The van der Waals surface area contributed by atoms with Crippen LogP contribution in [0.5, 0.6) is 5.75 Å². The summed E-state index contributed by atoms with van der Waals surface area (Å²) < 4.78 is 6.87. The molecule has 28 heavy (non-hydrogen) atoms. The minimum absolute atomic E-state index is 0.0636. The van der Waals surface area contributed by atoms with Gasteiger partial charge < -0.3 is 4.74 Å². The largest absolute Gasteiger partial charge is 0.488 e. The zero-order chi connectivity index (χ0) is 20.1. The zero-order valence-corrected chi connectivity index (χ0v) is 17.1. The molecule has 3 aromatic carbocycles. The average Bonchev–Trinajstić information content (AvgIpc) is 2.68. The fourth-order valence-corrected chi connectivity index (χ4v) is 3.02. The summed E-state index contributed by atoms with van der Waals surface area (Å²) in [6.07, 6.45) is 1.79. The maximum Gasteiger partial charge on any atom is 0.269 e. The number of nitrogens with zero attached hydrogens (tertiary/aromatic N) is 2. The molecule has 0 unspecified atom stereocenters. The SMILES string of the molecule is Cc1cccc(N=Cc2cc(Br)ccc2OCc2ccc([N+](=O)[O-])cc2)c1C. The van der Waals surface area contributed by atoms with Crippen LogP contribution in [0.2, 0.25) is 0 Å². The second-order valence-electron chi connectivity index (χ2n) is 6.37. The Morgan fingerprint density at radius 1 is 1.11 bits per heavy atom. The second kappa shape index (κ2) is 8.80. The Kier molecular flexibility index (Phi) is 6.21. The fourth-order valence-electron chi connectivity index (χ4n) is 2.64. The lowest BCUT2D eigenvalue weighted by molar-refractivity contribution is -0.384. The summed E-state index contributed by atoms with van der Waals surface area (Å²) in [6.45, 7) is 4.42. The number of non-ortho nitro benzene ring substituents is 1. The molecule has 3 aromatic rings. The van der Waals surface area contributed by atoms with Crippen LogP contribution in [0.1, 0.15) is 22.3 Å². The van der Waals surface area contributed by atoms with E-state index >= 15 is 0 Å². The molecular formula is C22H19BrN2O3. The molecule has 0 spiro atoms. The van der Waals surface area contributed by atoms with Crippen LogP contribution in [0.4, 0.5) is 11.4 Å². The lowest BCUT2D eigenvalue weighted by atomic mass is 10.1. The van der Waals surface area contributed by atoms with Gasteiger partial charge in [-0.1, -0.05) is 28.1 Å². The van der Waals surface area contributed by atoms with Crippen molar-refractivity contribution in [2.24, 2.45) is 4.99 Å². The number of benzene rings is 3. The molecule has 0 aliphatic carbocycles. The highest BCUT2D eigenvalue weighted by molar-refractivity contribution is 9.10. The Morgan fingerprint density at radius 2 is 1.86 bits per heavy atom. The van der Waals surface area contributed by atoms with Crippen LogP contribution in [-0.4, -0.2) is 11.1 Å². The normalized spacial score (nSPS) is 11.0. The number of halogens is 1. The Bertz CT molecular complexity index is 1030. The van der Waals surface area contributed by atoms with Crippen molar-refractivity contribution in [3.8, 4) is 5.75 Å². The van der Waals surface area contributed by atoms with E-state index in [1.54, 1.807) is 18.3 Å². The van der Waals surface area contributed by atoms with Gasteiger partial charge in [0.05, 0.1) is 10.6 Å². The van der Waals surface area contributed by atoms with E-state index in [1.165, 1.54) is 17.7 Å². The smallest absolute Gasteiger partial charge is 0.269 e. The summed E-state index contributed by atoms with van der Waals surface area (Å²) >= 11 is 3.49. The van der Waals surface area contributed by atoms with Crippen LogP contribution in [-0.2, 0) is 6.61 Å².